The predicted molar refractivity (Wildman–Crippen MR) is 132 cm³/mol. The van der Waals surface area contributed by atoms with Crippen LogP contribution in [0, 0.1) is 0 Å². The lowest BCUT2D eigenvalue weighted by Crippen LogP contribution is -2.01. The molecule has 0 bridgehead atoms. The normalized spacial score (nSPS) is 11.9. The monoisotopic (exact) mass is 453 g/mol. The van der Waals surface area contributed by atoms with Gasteiger partial charge < -0.3 is 5.32 Å². The van der Waals surface area contributed by atoms with Crippen molar-refractivity contribution >= 4 is 54.4 Å². The van der Waals surface area contributed by atoms with Gasteiger partial charge in [0.25, 0.3) is 10.1 Å². The van der Waals surface area contributed by atoms with Crippen molar-refractivity contribution in [1.82, 2.24) is 0 Å². The van der Waals surface area contributed by atoms with Gasteiger partial charge in [-0.2, -0.15) is 8.42 Å². The van der Waals surface area contributed by atoms with E-state index < -0.39 is 10.1 Å². The van der Waals surface area contributed by atoms with Crippen LogP contribution in [-0.4, -0.2) is 13.0 Å². The molecule has 0 saturated carbocycles. The summed E-state index contributed by atoms with van der Waals surface area (Å²) in [5, 5.41) is 15.1. The summed E-state index contributed by atoms with van der Waals surface area (Å²) in [6.45, 7) is 0. The maximum Gasteiger partial charge on any atom is 0.295 e. The zero-order valence-corrected chi connectivity index (χ0v) is 18.2. The van der Waals surface area contributed by atoms with Gasteiger partial charge >= 0.3 is 0 Å². The molecule has 0 aliphatic carbocycles. The maximum atomic E-state index is 12.2. The molecule has 7 heteroatoms. The molecule has 0 aromatic heterocycles. The third-order valence-corrected chi connectivity index (χ3v) is 6.24. The topological polar surface area (TPSA) is 91.1 Å². The fourth-order valence-corrected chi connectivity index (χ4v) is 4.57. The molecule has 0 radical (unpaired) electrons. The van der Waals surface area contributed by atoms with Crippen LogP contribution >= 0.6 is 0 Å². The number of nitrogens with zero attached hydrogens (tertiary/aromatic N) is 2. The van der Waals surface area contributed by atoms with E-state index in [0.717, 1.165) is 16.5 Å². The molecule has 0 unspecified atom stereocenters. The lowest BCUT2D eigenvalue weighted by molar-refractivity contribution is 0.484. The average molecular weight is 454 g/mol. The number of rotatable bonds is 5. The van der Waals surface area contributed by atoms with E-state index in [-0.39, 0.29) is 4.90 Å². The Kier molecular flexibility index (Phi) is 5.34. The number of benzene rings is 5. The Hall–Kier alpha value is -4.07. The van der Waals surface area contributed by atoms with Crippen molar-refractivity contribution in [3.8, 4) is 0 Å². The van der Waals surface area contributed by atoms with E-state index in [2.05, 4.69) is 15.5 Å². The molecule has 0 aliphatic heterocycles. The fraction of sp³-hybridized carbons (Fsp3) is 0. The second-order valence-electron chi connectivity index (χ2n) is 7.48. The van der Waals surface area contributed by atoms with Crippen molar-refractivity contribution in [2.75, 3.05) is 5.32 Å². The zero-order chi connectivity index (χ0) is 22.8. The van der Waals surface area contributed by atoms with Gasteiger partial charge in [0, 0.05) is 27.5 Å². The van der Waals surface area contributed by atoms with Gasteiger partial charge in [-0.05, 0) is 41.8 Å². The van der Waals surface area contributed by atoms with Crippen LogP contribution in [0.25, 0.3) is 21.5 Å². The summed E-state index contributed by atoms with van der Waals surface area (Å²) in [6.07, 6.45) is 0. The molecule has 0 spiro atoms. The number of para-hydroxylation sites is 1. The van der Waals surface area contributed by atoms with Crippen molar-refractivity contribution in [3.63, 3.8) is 0 Å². The quantitative estimate of drug-likeness (QED) is 0.214. The summed E-state index contributed by atoms with van der Waals surface area (Å²) < 4.78 is 34.2. The van der Waals surface area contributed by atoms with Crippen molar-refractivity contribution in [2.24, 2.45) is 10.2 Å². The van der Waals surface area contributed by atoms with Gasteiger partial charge in [0.15, 0.2) is 0 Å². The lowest BCUT2D eigenvalue weighted by Gasteiger charge is -2.14. The Morgan fingerprint density at radius 2 is 1.27 bits per heavy atom. The van der Waals surface area contributed by atoms with Gasteiger partial charge in [-0.1, -0.05) is 66.7 Å². The predicted octanol–water partition coefficient (Wildman–Crippen LogP) is 7.40. The SMILES string of the molecule is O=S(=O)(O)c1cccc2c(N=Nc3cccc4ccccc34)ccc(Nc3ccccc3)c12. The molecule has 5 aromatic carbocycles. The molecule has 162 valence electrons. The van der Waals surface area contributed by atoms with E-state index in [4.69, 9.17) is 0 Å². The van der Waals surface area contributed by atoms with Crippen molar-refractivity contribution in [1.29, 1.82) is 0 Å². The Balaban J connectivity index is 1.68. The smallest absolute Gasteiger partial charge is 0.295 e. The van der Waals surface area contributed by atoms with Gasteiger partial charge in [0.2, 0.25) is 0 Å². The third-order valence-electron chi connectivity index (χ3n) is 5.34. The van der Waals surface area contributed by atoms with Gasteiger partial charge in [0.1, 0.15) is 4.90 Å². The third kappa shape index (κ3) is 4.19. The van der Waals surface area contributed by atoms with Crippen LogP contribution in [0.4, 0.5) is 22.7 Å². The summed E-state index contributed by atoms with van der Waals surface area (Å²) in [5.41, 5.74) is 2.52. The summed E-state index contributed by atoms with van der Waals surface area (Å²) in [7, 11) is -4.47. The van der Waals surface area contributed by atoms with E-state index in [1.165, 1.54) is 6.07 Å². The lowest BCUT2D eigenvalue weighted by atomic mass is 10.1. The van der Waals surface area contributed by atoms with Gasteiger partial charge in [-0.25, -0.2) is 0 Å². The minimum Gasteiger partial charge on any atom is -0.355 e. The minimum absolute atomic E-state index is 0.194. The first-order chi connectivity index (χ1) is 16.0. The first-order valence-corrected chi connectivity index (χ1v) is 11.7. The highest BCUT2D eigenvalue weighted by Gasteiger charge is 2.18. The van der Waals surface area contributed by atoms with Gasteiger partial charge in [-0.15, -0.1) is 10.2 Å². The summed E-state index contributed by atoms with van der Waals surface area (Å²) in [6, 6.07) is 31.3. The van der Waals surface area contributed by atoms with E-state index in [1.807, 2.05) is 72.8 Å². The number of nitrogens with one attached hydrogen (secondary N) is 1. The number of hydrogen-bond donors (Lipinski definition) is 2. The van der Waals surface area contributed by atoms with Gasteiger partial charge in [-0.3, -0.25) is 4.55 Å². The number of fused-ring (bicyclic) bond motifs is 2. The Bertz CT molecular complexity index is 1610. The molecule has 0 heterocycles. The number of azo groups is 1. The van der Waals surface area contributed by atoms with Crippen LogP contribution in [0.1, 0.15) is 0 Å². The summed E-state index contributed by atoms with van der Waals surface area (Å²) in [4.78, 5) is -0.194. The Labute approximate surface area is 191 Å². The van der Waals surface area contributed by atoms with Gasteiger partial charge in [0.05, 0.1) is 11.4 Å². The molecule has 0 saturated heterocycles. The molecule has 0 amide bonds. The molecule has 0 aliphatic rings. The van der Waals surface area contributed by atoms with Crippen molar-refractivity contribution < 1.29 is 13.0 Å². The van der Waals surface area contributed by atoms with Crippen molar-refractivity contribution in [3.05, 3.63) is 103 Å². The molecule has 2 N–H and O–H groups in total. The summed E-state index contributed by atoms with van der Waals surface area (Å²) in [5.74, 6) is 0. The molecule has 0 fully saturated rings. The highest BCUT2D eigenvalue weighted by atomic mass is 32.2. The van der Waals surface area contributed by atoms with Crippen LogP contribution < -0.4 is 5.32 Å². The number of hydrogen-bond acceptors (Lipinski definition) is 5. The Morgan fingerprint density at radius 1 is 0.636 bits per heavy atom. The van der Waals surface area contributed by atoms with E-state index in [1.54, 1.807) is 24.3 Å². The van der Waals surface area contributed by atoms with Crippen LogP contribution in [0.15, 0.2) is 118 Å². The summed E-state index contributed by atoms with van der Waals surface area (Å²) >= 11 is 0. The first-order valence-electron chi connectivity index (χ1n) is 10.3. The highest BCUT2D eigenvalue weighted by molar-refractivity contribution is 7.86. The molecule has 0 atom stereocenters. The first kappa shape index (κ1) is 20.8. The zero-order valence-electron chi connectivity index (χ0n) is 17.4. The molecular formula is C26H19N3O3S. The Morgan fingerprint density at radius 3 is 2.06 bits per heavy atom. The molecule has 33 heavy (non-hydrogen) atoms. The van der Waals surface area contributed by atoms with Crippen LogP contribution in [0.2, 0.25) is 0 Å². The van der Waals surface area contributed by atoms with E-state index in [9.17, 15) is 13.0 Å². The van der Waals surface area contributed by atoms with Crippen LogP contribution in [-0.2, 0) is 10.1 Å². The molecule has 6 nitrogen and oxygen atoms in total. The maximum absolute atomic E-state index is 12.2. The van der Waals surface area contributed by atoms with Crippen LogP contribution in [0.5, 0.6) is 0 Å². The van der Waals surface area contributed by atoms with E-state index in [0.29, 0.717) is 27.8 Å². The fourth-order valence-electron chi connectivity index (χ4n) is 3.84. The molecule has 5 aromatic rings. The second kappa shape index (κ2) is 8.46. The average Bonchev–Trinajstić information content (AvgIpc) is 2.83. The minimum atomic E-state index is -4.47. The highest BCUT2D eigenvalue weighted by Crippen LogP contribution is 2.38. The standard InChI is InChI=1S/C26H19N3O3S/c30-33(31,32)25-15-7-13-21-23(16-17-24(26(21)25)27-19-10-2-1-3-11-19)29-28-22-14-6-9-18-8-4-5-12-20(18)22/h1-17,27H,(H,30,31,32). The van der Waals surface area contributed by atoms with E-state index >= 15 is 0 Å². The van der Waals surface area contributed by atoms with Crippen LogP contribution in [0.3, 0.4) is 0 Å². The van der Waals surface area contributed by atoms with Crippen molar-refractivity contribution in [2.45, 2.75) is 4.90 Å². The molecular weight excluding hydrogens is 434 g/mol. The molecule has 5 rings (SSSR count). The largest absolute Gasteiger partial charge is 0.355 e. The second-order valence-corrected chi connectivity index (χ2v) is 8.87. The number of anilines is 2.